The average Bonchev–Trinajstić information content (AvgIpc) is 2.59. The largest absolute Gasteiger partial charge is 0.480 e. The molecule has 0 aromatic carbocycles. The number of hydrogen-bond acceptors (Lipinski definition) is 1. The molecule has 2 nitrogen and oxygen atoms in total. The van der Waals surface area contributed by atoms with Gasteiger partial charge in [-0.05, 0) is 24.7 Å². The Kier molecular flexibility index (Phi) is 1.76. The highest BCUT2D eigenvalue weighted by Crippen LogP contribution is 2.68. The van der Waals surface area contributed by atoms with Gasteiger partial charge < -0.3 is 5.11 Å². The molecule has 12 heavy (non-hydrogen) atoms. The van der Waals surface area contributed by atoms with Gasteiger partial charge in [-0.1, -0.05) is 35.2 Å². The maximum absolute atomic E-state index is 10.9. The van der Waals surface area contributed by atoms with Gasteiger partial charge >= 0.3 is 5.97 Å². The Hall–Kier alpha value is -0.0500. The third kappa shape index (κ3) is 0.951. The molecule has 0 radical (unpaired) electrons. The van der Waals surface area contributed by atoms with E-state index in [0.717, 1.165) is 19.3 Å². The summed E-state index contributed by atoms with van der Waals surface area (Å²) in [7, 11) is 0. The van der Waals surface area contributed by atoms with Gasteiger partial charge in [0.05, 0.1) is 0 Å². The molecule has 0 heterocycles. The van der Waals surface area contributed by atoms with Crippen LogP contribution in [0, 0.1) is 5.41 Å². The molecule has 1 unspecified atom stereocenters. The monoisotopic (exact) mass is 232 g/mol. The van der Waals surface area contributed by atoms with E-state index >= 15 is 0 Å². The first-order chi connectivity index (χ1) is 5.61. The maximum atomic E-state index is 10.9. The summed E-state index contributed by atoms with van der Waals surface area (Å²) >= 11 is 3.37. The Labute approximate surface area is 80.5 Å². The summed E-state index contributed by atoms with van der Waals surface area (Å²) < 4.78 is -0.555. The number of aliphatic carboxylic acids is 1. The zero-order chi connectivity index (χ0) is 8.82. The van der Waals surface area contributed by atoms with Crippen molar-refractivity contribution in [2.24, 2.45) is 5.41 Å². The van der Waals surface area contributed by atoms with Gasteiger partial charge in [-0.3, -0.25) is 4.79 Å². The number of carboxylic acids is 1. The highest BCUT2D eigenvalue weighted by Gasteiger charge is 2.70. The molecule has 3 heteroatoms. The van der Waals surface area contributed by atoms with E-state index in [1.54, 1.807) is 0 Å². The van der Waals surface area contributed by atoms with Crippen LogP contribution in [-0.2, 0) is 4.79 Å². The highest BCUT2D eigenvalue weighted by molar-refractivity contribution is 9.10. The number of alkyl halides is 1. The van der Waals surface area contributed by atoms with E-state index < -0.39 is 10.3 Å². The van der Waals surface area contributed by atoms with Crippen molar-refractivity contribution in [2.45, 2.75) is 42.8 Å². The Morgan fingerprint density at radius 2 is 1.83 bits per heavy atom. The van der Waals surface area contributed by atoms with Crippen molar-refractivity contribution in [3.05, 3.63) is 0 Å². The molecular weight excluding hydrogens is 220 g/mol. The molecule has 0 amide bonds. The van der Waals surface area contributed by atoms with E-state index in [-0.39, 0.29) is 5.41 Å². The SMILES string of the molecule is O=C(O)C1(Br)CC12CCCCC2. The minimum Gasteiger partial charge on any atom is -0.480 e. The quantitative estimate of drug-likeness (QED) is 0.706. The summed E-state index contributed by atoms with van der Waals surface area (Å²) in [6, 6.07) is 0. The van der Waals surface area contributed by atoms with Crippen LogP contribution in [0.3, 0.4) is 0 Å². The second-order valence-corrected chi connectivity index (χ2v) is 5.48. The summed E-state index contributed by atoms with van der Waals surface area (Å²) in [5.41, 5.74) is 0.122. The third-order valence-corrected chi connectivity index (χ3v) is 4.91. The van der Waals surface area contributed by atoms with Crippen LogP contribution in [0.4, 0.5) is 0 Å². The van der Waals surface area contributed by atoms with E-state index in [1.165, 1.54) is 19.3 Å². The van der Waals surface area contributed by atoms with E-state index in [1.807, 2.05) is 0 Å². The van der Waals surface area contributed by atoms with Crippen LogP contribution in [0.5, 0.6) is 0 Å². The van der Waals surface area contributed by atoms with Crippen molar-refractivity contribution in [2.75, 3.05) is 0 Å². The van der Waals surface area contributed by atoms with Crippen LogP contribution in [-0.4, -0.2) is 15.4 Å². The van der Waals surface area contributed by atoms with Crippen LogP contribution in [0.2, 0.25) is 0 Å². The van der Waals surface area contributed by atoms with E-state index in [2.05, 4.69) is 15.9 Å². The Bertz CT molecular complexity index is 221. The standard InChI is InChI=1S/C9H13BrO2/c10-9(7(11)12)6-8(9)4-2-1-3-5-8/h1-6H2,(H,11,12). The molecule has 68 valence electrons. The van der Waals surface area contributed by atoms with Crippen molar-refractivity contribution >= 4 is 21.9 Å². The number of rotatable bonds is 1. The summed E-state index contributed by atoms with van der Waals surface area (Å²) in [5.74, 6) is -0.663. The molecule has 1 spiro atoms. The Morgan fingerprint density at radius 1 is 1.25 bits per heavy atom. The van der Waals surface area contributed by atoms with Crippen molar-refractivity contribution in [1.29, 1.82) is 0 Å². The molecular formula is C9H13BrO2. The predicted molar refractivity (Wildman–Crippen MR) is 49.4 cm³/mol. The zero-order valence-electron chi connectivity index (χ0n) is 6.98. The lowest BCUT2D eigenvalue weighted by atomic mass is 9.84. The van der Waals surface area contributed by atoms with Gasteiger partial charge in [0.2, 0.25) is 0 Å². The van der Waals surface area contributed by atoms with Crippen LogP contribution in [0.1, 0.15) is 38.5 Å². The number of carbonyl (C=O) groups is 1. The molecule has 0 saturated heterocycles. The van der Waals surface area contributed by atoms with Crippen LogP contribution < -0.4 is 0 Å². The van der Waals surface area contributed by atoms with Gasteiger partial charge in [0.25, 0.3) is 0 Å². The van der Waals surface area contributed by atoms with E-state index in [0.29, 0.717) is 0 Å². The lowest BCUT2D eigenvalue weighted by molar-refractivity contribution is -0.138. The van der Waals surface area contributed by atoms with Gasteiger partial charge in [-0.15, -0.1) is 0 Å². The predicted octanol–water partition coefficient (Wildman–Crippen LogP) is 2.56. The molecule has 2 saturated carbocycles. The van der Waals surface area contributed by atoms with Crippen LogP contribution in [0.15, 0.2) is 0 Å². The molecule has 2 aliphatic carbocycles. The number of carboxylic acid groups (broad SMARTS) is 1. The second kappa shape index (κ2) is 2.47. The normalized spacial score (nSPS) is 38.1. The van der Waals surface area contributed by atoms with Gasteiger partial charge in [-0.25, -0.2) is 0 Å². The van der Waals surface area contributed by atoms with E-state index in [4.69, 9.17) is 5.11 Å². The molecule has 0 bridgehead atoms. The topological polar surface area (TPSA) is 37.3 Å². The van der Waals surface area contributed by atoms with Gasteiger partial charge in [0, 0.05) is 0 Å². The van der Waals surface area contributed by atoms with E-state index in [9.17, 15) is 4.79 Å². The smallest absolute Gasteiger partial charge is 0.321 e. The molecule has 0 aromatic rings. The minimum absolute atomic E-state index is 0.122. The van der Waals surface area contributed by atoms with Crippen molar-refractivity contribution in [3.8, 4) is 0 Å². The van der Waals surface area contributed by atoms with Crippen LogP contribution >= 0.6 is 15.9 Å². The first-order valence-corrected chi connectivity index (χ1v) is 5.32. The second-order valence-electron chi connectivity index (χ2n) is 4.12. The third-order valence-electron chi connectivity index (χ3n) is 3.45. The van der Waals surface area contributed by atoms with Crippen molar-refractivity contribution in [3.63, 3.8) is 0 Å². The summed E-state index contributed by atoms with van der Waals surface area (Å²) in [4.78, 5) is 10.9. The first kappa shape index (κ1) is 8.54. The zero-order valence-corrected chi connectivity index (χ0v) is 8.56. The summed E-state index contributed by atoms with van der Waals surface area (Å²) in [6.45, 7) is 0. The van der Waals surface area contributed by atoms with Gasteiger partial charge in [0.1, 0.15) is 4.32 Å². The molecule has 0 aromatic heterocycles. The molecule has 1 N–H and O–H groups in total. The number of hydrogen-bond donors (Lipinski definition) is 1. The van der Waals surface area contributed by atoms with Gasteiger partial charge in [-0.2, -0.15) is 0 Å². The Balaban J connectivity index is 2.12. The molecule has 2 aliphatic rings. The molecule has 0 aliphatic heterocycles. The highest BCUT2D eigenvalue weighted by atomic mass is 79.9. The van der Waals surface area contributed by atoms with Crippen molar-refractivity contribution < 1.29 is 9.90 Å². The fourth-order valence-electron chi connectivity index (χ4n) is 2.53. The average molecular weight is 233 g/mol. The first-order valence-electron chi connectivity index (χ1n) is 4.53. The summed E-state index contributed by atoms with van der Waals surface area (Å²) in [6.07, 6.45) is 6.75. The lowest BCUT2D eigenvalue weighted by Gasteiger charge is -2.23. The van der Waals surface area contributed by atoms with Gasteiger partial charge in [0.15, 0.2) is 0 Å². The molecule has 2 fully saturated rings. The van der Waals surface area contributed by atoms with Crippen molar-refractivity contribution in [1.82, 2.24) is 0 Å². The molecule has 2 rings (SSSR count). The molecule has 1 atom stereocenters. The fraction of sp³-hybridized carbons (Fsp3) is 0.889. The van der Waals surface area contributed by atoms with Crippen LogP contribution in [0.25, 0.3) is 0 Å². The minimum atomic E-state index is -0.663. The summed E-state index contributed by atoms with van der Waals surface area (Å²) in [5, 5.41) is 8.98. The number of halogens is 1. The maximum Gasteiger partial charge on any atom is 0.321 e. The fourth-order valence-corrected chi connectivity index (χ4v) is 3.46. The Morgan fingerprint density at radius 3 is 2.25 bits per heavy atom. The lowest BCUT2D eigenvalue weighted by Crippen LogP contribution is -2.25.